The molecule has 0 aliphatic rings. The van der Waals surface area contributed by atoms with E-state index in [9.17, 15) is 14.0 Å². The fourth-order valence-electron chi connectivity index (χ4n) is 1.80. The molecule has 0 radical (unpaired) electrons. The number of hydrogen-bond acceptors (Lipinski definition) is 3. The molecule has 0 fully saturated rings. The van der Waals surface area contributed by atoms with Crippen LogP contribution in [0.4, 0.5) is 4.39 Å². The number of hydrazine groups is 1. The zero-order chi connectivity index (χ0) is 16.8. The van der Waals surface area contributed by atoms with Crippen LogP contribution >= 0.6 is 15.9 Å². The minimum absolute atomic E-state index is 0.0501. The number of halogens is 2. The van der Waals surface area contributed by atoms with Gasteiger partial charge in [0.05, 0.1) is 13.0 Å². The van der Waals surface area contributed by atoms with Crippen LogP contribution in [-0.2, 0) is 11.8 Å². The number of nitrogens with one attached hydrogen (secondary N) is 2. The molecule has 122 valence electrons. The number of benzene rings is 1. The molecule has 1 aromatic heterocycles. The maximum Gasteiger partial charge on any atom is 0.286 e. The predicted octanol–water partition coefficient (Wildman–Crippen LogP) is 2.16. The third kappa shape index (κ3) is 5.10. The summed E-state index contributed by atoms with van der Waals surface area (Å²) in [7, 11) is 1.72. The highest BCUT2D eigenvalue weighted by Crippen LogP contribution is 2.13. The van der Waals surface area contributed by atoms with Crippen molar-refractivity contribution in [3.63, 3.8) is 0 Å². The lowest BCUT2D eigenvalue weighted by atomic mass is 10.3. The first kappa shape index (κ1) is 17.0. The second-order valence-electron chi connectivity index (χ2n) is 4.71. The van der Waals surface area contributed by atoms with E-state index in [0.717, 1.165) is 4.47 Å². The number of aryl methyl sites for hydroxylation is 1. The molecule has 0 spiro atoms. The lowest BCUT2D eigenvalue weighted by Gasteiger charge is -2.09. The minimum atomic E-state index is -0.425. The van der Waals surface area contributed by atoms with Crippen LogP contribution in [0.3, 0.4) is 0 Å². The van der Waals surface area contributed by atoms with Crippen molar-refractivity contribution >= 4 is 27.7 Å². The highest BCUT2D eigenvalue weighted by Gasteiger charge is 2.11. The van der Waals surface area contributed by atoms with Crippen LogP contribution in [0.15, 0.2) is 41.0 Å². The molecule has 1 aromatic carbocycles. The number of carbonyl (C=O) groups is 2. The topological polar surface area (TPSA) is 72.4 Å². The zero-order valence-corrected chi connectivity index (χ0v) is 13.9. The number of ether oxygens (including phenoxy) is 1. The Morgan fingerprint density at radius 3 is 2.57 bits per heavy atom. The summed E-state index contributed by atoms with van der Waals surface area (Å²) in [4.78, 5) is 23.5. The normalized spacial score (nSPS) is 10.2. The van der Waals surface area contributed by atoms with Gasteiger partial charge in [0.15, 0.2) is 0 Å². The van der Waals surface area contributed by atoms with E-state index < -0.39 is 11.8 Å². The minimum Gasteiger partial charge on any atom is -0.493 e. The van der Waals surface area contributed by atoms with E-state index in [-0.39, 0.29) is 18.8 Å². The number of carbonyl (C=O) groups excluding carboxylic acids is 2. The van der Waals surface area contributed by atoms with Crippen LogP contribution in [0.1, 0.15) is 16.9 Å². The van der Waals surface area contributed by atoms with E-state index in [1.54, 1.807) is 23.9 Å². The average Bonchev–Trinajstić information content (AvgIpc) is 2.85. The summed E-state index contributed by atoms with van der Waals surface area (Å²) >= 11 is 3.26. The lowest BCUT2D eigenvalue weighted by molar-refractivity contribution is -0.122. The maximum absolute atomic E-state index is 12.7. The predicted molar refractivity (Wildman–Crippen MR) is 85.2 cm³/mol. The molecule has 2 amide bonds. The number of amides is 2. The third-order valence-corrected chi connectivity index (χ3v) is 3.36. The lowest BCUT2D eigenvalue weighted by Crippen LogP contribution is -2.42. The second-order valence-corrected chi connectivity index (χ2v) is 5.62. The van der Waals surface area contributed by atoms with Gasteiger partial charge in [-0.2, -0.15) is 0 Å². The summed E-state index contributed by atoms with van der Waals surface area (Å²) in [5, 5.41) is 0. The zero-order valence-electron chi connectivity index (χ0n) is 12.3. The molecule has 0 aliphatic heterocycles. The fourth-order valence-corrected chi connectivity index (χ4v) is 2.32. The summed E-state index contributed by atoms with van der Waals surface area (Å²) in [5.41, 5.74) is 5.03. The molecular formula is C15H15BrFN3O3. The van der Waals surface area contributed by atoms with Crippen LogP contribution < -0.4 is 15.6 Å². The van der Waals surface area contributed by atoms with Crippen LogP contribution in [0, 0.1) is 5.82 Å². The standard InChI is InChI=1S/C15H15BrFN3O3/c1-20-9-10(16)8-13(20)15(22)19-18-14(21)6-7-23-12-4-2-11(17)3-5-12/h2-5,8-9H,6-7H2,1H3,(H,18,21)(H,19,22). The average molecular weight is 384 g/mol. The quantitative estimate of drug-likeness (QED) is 0.777. The molecule has 1 heterocycles. The van der Waals surface area contributed by atoms with Crippen LogP contribution in [0.5, 0.6) is 5.75 Å². The summed E-state index contributed by atoms with van der Waals surface area (Å²) in [6, 6.07) is 7.13. The SMILES string of the molecule is Cn1cc(Br)cc1C(=O)NNC(=O)CCOc1ccc(F)cc1. The van der Waals surface area contributed by atoms with Crippen molar-refractivity contribution < 1.29 is 18.7 Å². The van der Waals surface area contributed by atoms with Gasteiger partial charge in [-0.1, -0.05) is 0 Å². The molecule has 0 bridgehead atoms. The van der Waals surface area contributed by atoms with Gasteiger partial charge in [0.2, 0.25) is 5.91 Å². The Kier molecular flexibility index (Phi) is 5.75. The van der Waals surface area contributed by atoms with E-state index in [1.807, 2.05) is 0 Å². The Labute approximate surface area is 140 Å². The number of hydrogen-bond donors (Lipinski definition) is 2. The Hall–Kier alpha value is -2.35. The van der Waals surface area contributed by atoms with Crippen LogP contribution in [-0.4, -0.2) is 23.0 Å². The highest BCUT2D eigenvalue weighted by atomic mass is 79.9. The molecule has 0 saturated carbocycles. The third-order valence-electron chi connectivity index (χ3n) is 2.93. The van der Waals surface area contributed by atoms with Gasteiger partial charge in [0, 0.05) is 17.7 Å². The van der Waals surface area contributed by atoms with E-state index in [2.05, 4.69) is 26.8 Å². The molecule has 0 unspecified atom stereocenters. The van der Waals surface area contributed by atoms with Gasteiger partial charge in [0.25, 0.3) is 5.91 Å². The number of nitrogens with zero attached hydrogens (tertiary/aromatic N) is 1. The summed E-state index contributed by atoms with van der Waals surface area (Å²) in [5.74, 6) is -0.707. The van der Waals surface area contributed by atoms with Crippen molar-refractivity contribution in [3.05, 3.63) is 52.5 Å². The van der Waals surface area contributed by atoms with Crippen LogP contribution in [0.25, 0.3) is 0 Å². The van der Waals surface area contributed by atoms with Gasteiger partial charge in [-0.15, -0.1) is 0 Å². The Morgan fingerprint density at radius 1 is 1.26 bits per heavy atom. The second kappa shape index (κ2) is 7.77. The van der Waals surface area contributed by atoms with E-state index in [0.29, 0.717) is 11.4 Å². The van der Waals surface area contributed by atoms with Crippen molar-refractivity contribution in [1.82, 2.24) is 15.4 Å². The molecule has 23 heavy (non-hydrogen) atoms. The van der Waals surface area contributed by atoms with Crippen molar-refractivity contribution in [2.24, 2.45) is 7.05 Å². The van der Waals surface area contributed by atoms with E-state index in [1.165, 1.54) is 24.3 Å². The van der Waals surface area contributed by atoms with Crippen molar-refractivity contribution in [1.29, 1.82) is 0 Å². The Balaban J connectivity index is 1.71. The first-order chi connectivity index (χ1) is 11.0. The van der Waals surface area contributed by atoms with Gasteiger partial charge in [0.1, 0.15) is 17.3 Å². The monoisotopic (exact) mass is 383 g/mol. The van der Waals surface area contributed by atoms with E-state index >= 15 is 0 Å². The largest absolute Gasteiger partial charge is 0.493 e. The van der Waals surface area contributed by atoms with E-state index in [4.69, 9.17) is 4.74 Å². The van der Waals surface area contributed by atoms with Gasteiger partial charge in [-0.25, -0.2) is 4.39 Å². The van der Waals surface area contributed by atoms with Crippen LogP contribution in [0.2, 0.25) is 0 Å². The summed E-state index contributed by atoms with van der Waals surface area (Å²) < 4.78 is 20.4. The summed E-state index contributed by atoms with van der Waals surface area (Å²) in [6.07, 6.45) is 1.78. The molecule has 8 heteroatoms. The maximum atomic E-state index is 12.7. The molecule has 2 rings (SSSR count). The Bertz CT molecular complexity index is 700. The molecule has 2 N–H and O–H groups in total. The molecule has 6 nitrogen and oxygen atoms in total. The van der Waals surface area contributed by atoms with Crippen molar-refractivity contribution in [2.45, 2.75) is 6.42 Å². The molecular weight excluding hydrogens is 369 g/mol. The molecule has 0 aliphatic carbocycles. The number of rotatable bonds is 5. The molecule has 0 saturated heterocycles. The van der Waals surface area contributed by atoms with Gasteiger partial charge >= 0.3 is 0 Å². The smallest absolute Gasteiger partial charge is 0.286 e. The molecule has 2 aromatic rings. The van der Waals surface area contributed by atoms with Gasteiger partial charge in [-0.05, 0) is 46.3 Å². The number of aromatic nitrogens is 1. The Morgan fingerprint density at radius 2 is 1.96 bits per heavy atom. The summed E-state index contributed by atoms with van der Waals surface area (Å²) in [6.45, 7) is 0.114. The van der Waals surface area contributed by atoms with Crippen molar-refractivity contribution in [2.75, 3.05) is 6.61 Å². The van der Waals surface area contributed by atoms with Gasteiger partial charge < -0.3 is 9.30 Å². The first-order valence-corrected chi connectivity index (χ1v) is 7.54. The highest BCUT2D eigenvalue weighted by molar-refractivity contribution is 9.10. The molecule has 0 atom stereocenters. The fraction of sp³-hybridized carbons (Fsp3) is 0.200. The first-order valence-electron chi connectivity index (χ1n) is 6.75. The van der Waals surface area contributed by atoms with Crippen molar-refractivity contribution in [3.8, 4) is 5.75 Å². The van der Waals surface area contributed by atoms with Gasteiger partial charge in [-0.3, -0.25) is 20.4 Å².